The van der Waals surface area contributed by atoms with Crippen LogP contribution in [0, 0.1) is 46.3 Å². The van der Waals surface area contributed by atoms with Crippen molar-refractivity contribution in [2.75, 3.05) is 13.1 Å². The van der Waals surface area contributed by atoms with Crippen molar-refractivity contribution in [2.24, 2.45) is 46.3 Å². The molecule has 5 rings (SSSR count). The van der Waals surface area contributed by atoms with E-state index in [2.05, 4.69) is 38.2 Å². The Morgan fingerprint density at radius 3 is 2.70 bits per heavy atom. The number of carboxylic acids is 1. The summed E-state index contributed by atoms with van der Waals surface area (Å²) in [6, 6.07) is 0. The van der Waals surface area contributed by atoms with Crippen LogP contribution in [0.15, 0.2) is 23.3 Å². The maximum Gasteiger partial charge on any atom is 0.303 e. The molecule has 1 heterocycles. The molecule has 3 nitrogen and oxygen atoms in total. The molecular formula is C27H41NO2. The zero-order chi connectivity index (χ0) is 21.1. The van der Waals surface area contributed by atoms with Gasteiger partial charge in [-0.3, -0.25) is 4.79 Å². The summed E-state index contributed by atoms with van der Waals surface area (Å²) >= 11 is 0. The molecule has 0 bridgehead atoms. The number of hydrogen-bond donors (Lipinski definition) is 2. The summed E-state index contributed by atoms with van der Waals surface area (Å²) in [7, 11) is 0. The molecule has 2 N–H and O–H groups in total. The van der Waals surface area contributed by atoms with Crippen LogP contribution in [0.2, 0.25) is 0 Å². The highest BCUT2D eigenvalue weighted by Gasteiger charge is 2.58. The zero-order valence-corrected chi connectivity index (χ0v) is 19.3. The number of allylic oxidation sites excluding steroid dienone is 3. The molecule has 30 heavy (non-hydrogen) atoms. The minimum absolute atomic E-state index is 0.308. The number of piperidine rings is 1. The lowest BCUT2D eigenvalue weighted by Crippen LogP contribution is -2.52. The van der Waals surface area contributed by atoms with E-state index in [1.165, 1.54) is 51.6 Å². The third-order valence-electron chi connectivity index (χ3n) is 10.4. The molecule has 3 fully saturated rings. The Kier molecular flexibility index (Phi) is 5.20. The third kappa shape index (κ3) is 3.14. The second-order valence-electron chi connectivity index (χ2n) is 11.9. The van der Waals surface area contributed by atoms with E-state index in [0.717, 1.165) is 36.5 Å². The average molecular weight is 412 g/mol. The number of hydrogen-bond acceptors (Lipinski definition) is 2. The van der Waals surface area contributed by atoms with Gasteiger partial charge in [-0.1, -0.05) is 44.1 Å². The lowest BCUT2D eigenvalue weighted by Gasteiger charge is -2.60. The summed E-state index contributed by atoms with van der Waals surface area (Å²) in [5, 5.41) is 13.0. The van der Waals surface area contributed by atoms with E-state index >= 15 is 0 Å². The Bertz CT molecular complexity index is 763. The predicted octanol–water partition coefficient (Wildman–Crippen LogP) is 5.82. The van der Waals surface area contributed by atoms with Crippen LogP contribution in [0.3, 0.4) is 0 Å². The first kappa shape index (κ1) is 20.8. The molecule has 0 amide bonds. The summed E-state index contributed by atoms with van der Waals surface area (Å²) < 4.78 is 0. The second kappa shape index (κ2) is 7.50. The van der Waals surface area contributed by atoms with Crippen LogP contribution >= 0.6 is 0 Å². The maximum atomic E-state index is 11.3. The van der Waals surface area contributed by atoms with E-state index in [9.17, 15) is 9.90 Å². The first-order valence-corrected chi connectivity index (χ1v) is 12.7. The molecule has 3 unspecified atom stereocenters. The van der Waals surface area contributed by atoms with Crippen LogP contribution in [0.1, 0.15) is 78.6 Å². The Morgan fingerprint density at radius 2 is 1.97 bits per heavy atom. The fourth-order valence-electron chi connectivity index (χ4n) is 8.87. The Balaban J connectivity index is 1.41. The monoisotopic (exact) mass is 411 g/mol. The van der Waals surface area contributed by atoms with Gasteiger partial charge in [0.2, 0.25) is 0 Å². The summed E-state index contributed by atoms with van der Waals surface area (Å²) in [5.74, 6) is 3.49. The fourth-order valence-corrected chi connectivity index (χ4v) is 8.87. The van der Waals surface area contributed by atoms with Gasteiger partial charge in [-0.15, -0.1) is 0 Å². The van der Waals surface area contributed by atoms with Gasteiger partial charge in [0, 0.05) is 13.0 Å². The predicted molar refractivity (Wildman–Crippen MR) is 121 cm³/mol. The number of carbonyl (C=O) groups is 1. The first-order chi connectivity index (χ1) is 14.3. The molecular weight excluding hydrogens is 370 g/mol. The number of carboxylic acid groups (broad SMARTS) is 1. The van der Waals surface area contributed by atoms with Crippen molar-refractivity contribution >= 4 is 5.97 Å². The fraction of sp³-hybridized carbons (Fsp3) is 0.815. The largest absolute Gasteiger partial charge is 0.481 e. The van der Waals surface area contributed by atoms with Crippen molar-refractivity contribution in [3.05, 3.63) is 23.3 Å². The number of rotatable bonds is 3. The van der Waals surface area contributed by atoms with Gasteiger partial charge in [0.25, 0.3) is 0 Å². The molecule has 1 aliphatic heterocycles. The van der Waals surface area contributed by atoms with Crippen molar-refractivity contribution in [2.45, 2.75) is 78.6 Å². The smallest absolute Gasteiger partial charge is 0.303 e. The van der Waals surface area contributed by atoms with E-state index in [1.807, 2.05) is 0 Å². The van der Waals surface area contributed by atoms with Gasteiger partial charge in [0.1, 0.15) is 0 Å². The van der Waals surface area contributed by atoms with Gasteiger partial charge in [0.15, 0.2) is 0 Å². The highest BCUT2D eigenvalue weighted by Crippen LogP contribution is 2.67. The van der Waals surface area contributed by atoms with E-state index in [0.29, 0.717) is 29.1 Å². The quantitative estimate of drug-likeness (QED) is 0.575. The van der Waals surface area contributed by atoms with Gasteiger partial charge in [0.05, 0.1) is 0 Å². The van der Waals surface area contributed by atoms with E-state index in [4.69, 9.17) is 0 Å². The molecule has 1 saturated heterocycles. The van der Waals surface area contributed by atoms with Crippen LogP contribution in [0.4, 0.5) is 0 Å². The minimum Gasteiger partial charge on any atom is -0.481 e. The second-order valence-corrected chi connectivity index (χ2v) is 11.9. The normalized spacial score (nSPS) is 48.1. The Morgan fingerprint density at radius 1 is 1.17 bits per heavy atom. The van der Waals surface area contributed by atoms with Crippen LogP contribution in [-0.2, 0) is 4.79 Å². The number of fused-ring (bicyclic) bond motifs is 5. The number of nitrogens with one attached hydrogen (secondary N) is 1. The van der Waals surface area contributed by atoms with Crippen molar-refractivity contribution in [1.29, 1.82) is 0 Å². The molecule has 0 radical (unpaired) electrons. The van der Waals surface area contributed by atoms with Crippen LogP contribution < -0.4 is 5.32 Å². The summed E-state index contributed by atoms with van der Waals surface area (Å²) in [6.45, 7) is 10.00. The molecule has 2 saturated carbocycles. The standard InChI is InChI=1S/C27H41NO2/c1-17-13-20-14-18(15-24(29)30)8-10-26(20,2)23-9-11-27(3)21(6-7-22(27)25(17)23)19-5-4-12-28-16-19/h6,13,17-19,22-23,25,28H,4-5,7-12,14-16H2,1-3H3,(H,29,30)/t17?,18?,19?,22-,23-,25-,26-,27+/m0/s1. The third-order valence-corrected chi connectivity index (χ3v) is 10.4. The highest BCUT2D eigenvalue weighted by molar-refractivity contribution is 5.67. The van der Waals surface area contributed by atoms with E-state index in [1.54, 1.807) is 11.1 Å². The van der Waals surface area contributed by atoms with Crippen LogP contribution in [0.25, 0.3) is 0 Å². The molecule has 166 valence electrons. The summed E-state index contributed by atoms with van der Waals surface area (Å²) in [6.07, 6.45) is 15.6. The van der Waals surface area contributed by atoms with E-state index < -0.39 is 5.97 Å². The zero-order valence-electron chi connectivity index (χ0n) is 19.3. The molecule has 0 aromatic carbocycles. The van der Waals surface area contributed by atoms with Crippen LogP contribution in [0.5, 0.6) is 0 Å². The lowest BCUT2D eigenvalue weighted by molar-refractivity contribution is -0.138. The Labute approximate surface area is 182 Å². The molecule has 0 aromatic heterocycles. The van der Waals surface area contributed by atoms with Crippen molar-refractivity contribution in [1.82, 2.24) is 5.32 Å². The van der Waals surface area contributed by atoms with Gasteiger partial charge in [-0.25, -0.2) is 0 Å². The molecule has 8 atom stereocenters. The molecule has 0 spiro atoms. The van der Waals surface area contributed by atoms with E-state index in [-0.39, 0.29) is 0 Å². The van der Waals surface area contributed by atoms with Crippen molar-refractivity contribution in [3.63, 3.8) is 0 Å². The van der Waals surface area contributed by atoms with Gasteiger partial charge in [-0.2, -0.15) is 0 Å². The van der Waals surface area contributed by atoms with Gasteiger partial charge in [-0.05, 0) is 104 Å². The lowest BCUT2D eigenvalue weighted by atomic mass is 9.45. The summed E-state index contributed by atoms with van der Waals surface area (Å²) in [5.41, 5.74) is 4.12. The minimum atomic E-state index is -0.624. The van der Waals surface area contributed by atoms with Gasteiger partial charge >= 0.3 is 5.97 Å². The van der Waals surface area contributed by atoms with Crippen molar-refractivity contribution < 1.29 is 9.90 Å². The van der Waals surface area contributed by atoms with Crippen molar-refractivity contribution in [3.8, 4) is 0 Å². The highest BCUT2D eigenvalue weighted by atomic mass is 16.4. The molecule has 4 aliphatic carbocycles. The van der Waals surface area contributed by atoms with Crippen LogP contribution in [-0.4, -0.2) is 24.2 Å². The molecule has 5 aliphatic rings. The maximum absolute atomic E-state index is 11.3. The average Bonchev–Trinajstić information content (AvgIpc) is 3.06. The molecule has 0 aromatic rings. The summed E-state index contributed by atoms with van der Waals surface area (Å²) in [4.78, 5) is 11.3. The number of aliphatic carboxylic acids is 1. The van der Waals surface area contributed by atoms with Gasteiger partial charge < -0.3 is 10.4 Å². The molecule has 3 heteroatoms. The Hall–Kier alpha value is -1.09. The SMILES string of the molecule is CC1C=C2CC(CC(=O)O)CC[C@]2(C)[C@H]2CC[C@]3(C)C(C4CCCNC4)=CC[C@H]3[C@H]12. The first-order valence-electron chi connectivity index (χ1n) is 12.7. The topological polar surface area (TPSA) is 49.3 Å².